The van der Waals surface area contributed by atoms with E-state index in [0.717, 1.165) is 6.92 Å². The zero-order chi connectivity index (χ0) is 9.90. The lowest BCUT2D eigenvalue weighted by Crippen LogP contribution is -2.16. The summed E-state index contributed by atoms with van der Waals surface area (Å²) in [5.41, 5.74) is -0.106. The summed E-state index contributed by atoms with van der Waals surface area (Å²) in [6, 6.07) is 7.37. The molecule has 3 heteroatoms. The Labute approximate surface area is 75.4 Å². The van der Waals surface area contributed by atoms with Gasteiger partial charge in [0, 0.05) is 5.56 Å². The number of hydrogen-bond acceptors (Lipinski definition) is 1. The van der Waals surface area contributed by atoms with Crippen molar-refractivity contribution < 1.29 is 13.6 Å². The minimum atomic E-state index is -3.03. The molecule has 0 saturated heterocycles. The van der Waals surface area contributed by atoms with E-state index < -0.39 is 18.1 Å². The van der Waals surface area contributed by atoms with Gasteiger partial charge in [0.25, 0.3) is 5.92 Å². The summed E-state index contributed by atoms with van der Waals surface area (Å²) in [5, 5.41) is 0. The molecule has 0 N–H and O–H groups in total. The SMILES string of the molecule is CC(=O)CC(F)(F)c1ccccc1. The molecular formula is C10H10F2O. The van der Waals surface area contributed by atoms with E-state index in [-0.39, 0.29) is 5.56 Å². The van der Waals surface area contributed by atoms with Crippen molar-refractivity contribution in [2.75, 3.05) is 0 Å². The van der Waals surface area contributed by atoms with Crippen molar-refractivity contribution in [1.29, 1.82) is 0 Å². The van der Waals surface area contributed by atoms with Crippen LogP contribution in [0.2, 0.25) is 0 Å². The molecule has 1 rings (SSSR count). The molecule has 0 spiro atoms. The third-order valence-corrected chi connectivity index (χ3v) is 1.67. The minimum Gasteiger partial charge on any atom is -0.300 e. The minimum absolute atomic E-state index is 0.106. The van der Waals surface area contributed by atoms with Crippen molar-refractivity contribution in [1.82, 2.24) is 0 Å². The monoisotopic (exact) mass is 184 g/mol. The first-order valence-electron chi connectivity index (χ1n) is 3.95. The molecule has 0 amide bonds. The van der Waals surface area contributed by atoms with Gasteiger partial charge in [0.05, 0.1) is 6.42 Å². The van der Waals surface area contributed by atoms with E-state index >= 15 is 0 Å². The van der Waals surface area contributed by atoms with E-state index in [0.29, 0.717) is 0 Å². The molecule has 0 aliphatic rings. The van der Waals surface area contributed by atoms with Crippen LogP contribution in [0.1, 0.15) is 18.9 Å². The molecule has 0 atom stereocenters. The maximum Gasteiger partial charge on any atom is 0.280 e. The first-order valence-corrected chi connectivity index (χ1v) is 3.95. The number of ketones is 1. The largest absolute Gasteiger partial charge is 0.300 e. The zero-order valence-corrected chi connectivity index (χ0v) is 7.26. The van der Waals surface area contributed by atoms with Crippen LogP contribution in [0, 0.1) is 0 Å². The van der Waals surface area contributed by atoms with Crippen LogP contribution in [0.4, 0.5) is 8.78 Å². The summed E-state index contributed by atoms with van der Waals surface area (Å²) in [5.74, 6) is -3.54. The first-order chi connectivity index (χ1) is 6.02. The zero-order valence-electron chi connectivity index (χ0n) is 7.26. The molecule has 13 heavy (non-hydrogen) atoms. The lowest BCUT2D eigenvalue weighted by Gasteiger charge is -2.14. The Morgan fingerprint density at radius 3 is 2.31 bits per heavy atom. The number of carbonyl (C=O) groups excluding carboxylic acids is 1. The van der Waals surface area contributed by atoms with Gasteiger partial charge in [-0.05, 0) is 6.92 Å². The summed E-state index contributed by atoms with van der Waals surface area (Å²) < 4.78 is 26.4. The molecular weight excluding hydrogens is 174 g/mol. The molecule has 0 aromatic heterocycles. The Morgan fingerprint density at radius 1 is 1.31 bits per heavy atom. The lowest BCUT2D eigenvalue weighted by atomic mass is 10.0. The second kappa shape index (κ2) is 3.64. The standard InChI is InChI=1S/C10H10F2O/c1-8(13)7-10(11,12)9-5-3-2-4-6-9/h2-6H,7H2,1H3. The molecule has 1 nitrogen and oxygen atoms in total. The second-order valence-electron chi connectivity index (χ2n) is 2.95. The van der Waals surface area contributed by atoms with Crippen molar-refractivity contribution in [2.45, 2.75) is 19.3 Å². The number of benzene rings is 1. The van der Waals surface area contributed by atoms with Crippen molar-refractivity contribution in [2.24, 2.45) is 0 Å². The van der Waals surface area contributed by atoms with Crippen molar-refractivity contribution in [3.05, 3.63) is 35.9 Å². The van der Waals surface area contributed by atoms with Gasteiger partial charge in [0.15, 0.2) is 0 Å². The second-order valence-corrected chi connectivity index (χ2v) is 2.95. The Bertz CT molecular complexity index is 293. The van der Waals surface area contributed by atoms with Crippen molar-refractivity contribution >= 4 is 5.78 Å². The van der Waals surface area contributed by atoms with Crippen LogP contribution < -0.4 is 0 Å². The average Bonchev–Trinajstić information content (AvgIpc) is 2.04. The van der Waals surface area contributed by atoms with Gasteiger partial charge in [0.1, 0.15) is 5.78 Å². The van der Waals surface area contributed by atoms with E-state index in [1.54, 1.807) is 6.07 Å². The Balaban J connectivity index is 2.87. The normalized spacial score (nSPS) is 11.3. The summed E-state index contributed by atoms with van der Waals surface area (Å²) in [4.78, 5) is 10.6. The van der Waals surface area contributed by atoms with E-state index in [1.165, 1.54) is 24.3 Å². The molecule has 0 saturated carbocycles. The van der Waals surface area contributed by atoms with Gasteiger partial charge in [-0.15, -0.1) is 0 Å². The highest BCUT2D eigenvalue weighted by molar-refractivity contribution is 5.76. The van der Waals surface area contributed by atoms with Crippen LogP contribution in [0.3, 0.4) is 0 Å². The number of hydrogen-bond donors (Lipinski definition) is 0. The third-order valence-electron chi connectivity index (χ3n) is 1.67. The average molecular weight is 184 g/mol. The van der Waals surface area contributed by atoms with Crippen molar-refractivity contribution in [3.63, 3.8) is 0 Å². The Hall–Kier alpha value is -1.25. The first kappa shape index (κ1) is 9.84. The van der Waals surface area contributed by atoms with Gasteiger partial charge in [-0.3, -0.25) is 4.79 Å². The van der Waals surface area contributed by atoms with Gasteiger partial charge in [-0.25, -0.2) is 8.78 Å². The molecule has 0 aliphatic heterocycles. The maximum atomic E-state index is 13.2. The highest BCUT2D eigenvalue weighted by atomic mass is 19.3. The van der Waals surface area contributed by atoms with Crippen LogP contribution in [-0.4, -0.2) is 5.78 Å². The molecule has 70 valence electrons. The van der Waals surface area contributed by atoms with Gasteiger partial charge < -0.3 is 0 Å². The molecule has 1 aromatic rings. The van der Waals surface area contributed by atoms with Crippen LogP contribution in [0.5, 0.6) is 0 Å². The van der Waals surface area contributed by atoms with Gasteiger partial charge in [-0.2, -0.15) is 0 Å². The van der Waals surface area contributed by atoms with E-state index in [9.17, 15) is 13.6 Å². The van der Waals surface area contributed by atoms with Gasteiger partial charge >= 0.3 is 0 Å². The predicted molar refractivity (Wildman–Crippen MR) is 45.6 cm³/mol. The molecule has 0 heterocycles. The van der Waals surface area contributed by atoms with Crippen molar-refractivity contribution in [3.8, 4) is 0 Å². The molecule has 0 radical (unpaired) electrons. The fourth-order valence-corrected chi connectivity index (χ4v) is 1.10. The fourth-order valence-electron chi connectivity index (χ4n) is 1.10. The summed E-state index contributed by atoms with van der Waals surface area (Å²) >= 11 is 0. The van der Waals surface area contributed by atoms with Crippen LogP contribution in [-0.2, 0) is 10.7 Å². The molecule has 0 bridgehead atoms. The highest BCUT2D eigenvalue weighted by Gasteiger charge is 2.32. The molecule has 1 aromatic carbocycles. The number of halogens is 2. The lowest BCUT2D eigenvalue weighted by molar-refractivity contribution is -0.124. The van der Waals surface area contributed by atoms with E-state index in [1.807, 2.05) is 0 Å². The number of alkyl halides is 2. The van der Waals surface area contributed by atoms with Crippen LogP contribution >= 0.6 is 0 Å². The number of carbonyl (C=O) groups is 1. The number of rotatable bonds is 3. The summed E-state index contributed by atoms with van der Waals surface area (Å²) in [6.07, 6.45) is -0.725. The smallest absolute Gasteiger partial charge is 0.280 e. The van der Waals surface area contributed by atoms with Gasteiger partial charge in [-0.1, -0.05) is 30.3 Å². The Morgan fingerprint density at radius 2 is 1.85 bits per heavy atom. The van der Waals surface area contributed by atoms with E-state index in [2.05, 4.69) is 0 Å². The highest BCUT2D eigenvalue weighted by Crippen LogP contribution is 2.31. The predicted octanol–water partition coefficient (Wildman–Crippen LogP) is 2.76. The quantitative estimate of drug-likeness (QED) is 0.705. The topological polar surface area (TPSA) is 17.1 Å². The fraction of sp³-hybridized carbons (Fsp3) is 0.300. The van der Waals surface area contributed by atoms with Gasteiger partial charge in [0.2, 0.25) is 0 Å². The molecule has 0 aliphatic carbocycles. The van der Waals surface area contributed by atoms with Crippen LogP contribution in [0.25, 0.3) is 0 Å². The Kier molecular flexibility index (Phi) is 2.76. The molecule has 0 unspecified atom stereocenters. The molecule has 0 fully saturated rings. The third kappa shape index (κ3) is 2.61. The number of Topliss-reactive ketones (excluding diaryl/α,β-unsaturated/α-hetero) is 1. The van der Waals surface area contributed by atoms with E-state index in [4.69, 9.17) is 0 Å². The summed E-state index contributed by atoms with van der Waals surface area (Å²) in [7, 11) is 0. The maximum absolute atomic E-state index is 13.2. The van der Waals surface area contributed by atoms with Crippen LogP contribution in [0.15, 0.2) is 30.3 Å². The summed E-state index contributed by atoms with van der Waals surface area (Å²) in [6.45, 7) is 1.16.